The Balaban J connectivity index is 1.15. The number of rotatable bonds is 4. The first kappa shape index (κ1) is 33.5. The summed E-state index contributed by atoms with van der Waals surface area (Å²) < 4.78 is 2.64. The molecule has 1 fully saturated rings. The van der Waals surface area contributed by atoms with Gasteiger partial charge >= 0.3 is 0 Å². The van der Waals surface area contributed by atoms with E-state index in [4.69, 9.17) is 0 Å². The first-order chi connectivity index (χ1) is 29.3. The topological polar surface area (TPSA) is 3.24 Å². The highest BCUT2D eigenvalue weighted by molar-refractivity contribution is 7.25. The summed E-state index contributed by atoms with van der Waals surface area (Å²) >= 11 is 1.88. The van der Waals surface area contributed by atoms with Crippen LogP contribution in [0.5, 0.6) is 0 Å². The Kier molecular flexibility index (Phi) is 7.24. The fourth-order valence-corrected chi connectivity index (χ4v) is 12.7. The lowest BCUT2D eigenvalue weighted by molar-refractivity contribution is 0.440. The van der Waals surface area contributed by atoms with E-state index in [-0.39, 0.29) is 0 Å². The summed E-state index contributed by atoms with van der Waals surface area (Å²) in [4.78, 5) is 2.54. The van der Waals surface area contributed by atoms with Crippen LogP contribution in [0, 0.1) is 0 Å². The lowest BCUT2D eigenvalue weighted by Gasteiger charge is -2.43. The van der Waals surface area contributed by atoms with Crippen LogP contribution in [0.3, 0.4) is 0 Å². The van der Waals surface area contributed by atoms with Gasteiger partial charge in [0.2, 0.25) is 0 Å². The van der Waals surface area contributed by atoms with Crippen molar-refractivity contribution in [2.24, 2.45) is 0 Å². The molecular weight excluding hydrogens is 731 g/mol. The van der Waals surface area contributed by atoms with Gasteiger partial charge in [0.05, 0.1) is 11.1 Å². The number of hydrogen-bond donors (Lipinski definition) is 0. The molecule has 0 saturated heterocycles. The fourth-order valence-electron chi connectivity index (χ4n) is 11.6. The third kappa shape index (κ3) is 4.67. The zero-order chi connectivity index (χ0) is 38.7. The molecule has 0 aliphatic heterocycles. The largest absolute Gasteiger partial charge is 0.310 e. The van der Waals surface area contributed by atoms with Crippen LogP contribution in [0.2, 0.25) is 0 Å². The van der Waals surface area contributed by atoms with E-state index in [1.807, 2.05) is 11.3 Å². The van der Waals surface area contributed by atoms with Crippen molar-refractivity contribution < 1.29 is 0 Å². The van der Waals surface area contributed by atoms with Crippen LogP contribution in [0.4, 0.5) is 17.1 Å². The second kappa shape index (κ2) is 12.8. The molecular formula is C57H41NS. The predicted molar refractivity (Wildman–Crippen MR) is 251 cm³/mol. The average molecular weight is 772 g/mol. The van der Waals surface area contributed by atoms with Crippen LogP contribution >= 0.6 is 11.3 Å². The first-order valence-electron chi connectivity index (χ1n) is 21.4. The molecule has 10 aromatic rings. The lowest BCUT2D eigenvalue weighted by Crippen LogP contribution is -2.34. The van der Waals surface area contributed by atoms with Crippen LogP contribution < -0.4 is 4.90 Å². The summed E-state index contributed by atoms with van der Waals surface area (Å²) in [6.07, 6.45) is 6.44. The molecule has 0 amide bonds. The molecule has 2 heteroatoms. The zero-order valence-electron chi connectivity index (χ0n) is 32.8. The van der Waals surface area contributed by atoms with Gasteiger partial charge in [-0.2, -0.15) is 0 Å². The van der Waals surface area contributed by atoms with Crippen LogP contribution in [-0.2, 0) is 5.41 Å². The monoisotopic (exact) mass is 771 g/mol. The normalized spacial score (nSPS) is 16.8. The van der Waals surface area contributed by atoms with Crippen molar-refractivity contribution in [3.8, 4) is 22.3 Å². The summed E-state index contributed by atoms with van der Waals surface area (Å²) in [7, 11) is 0. The predicted octanol–water partition coefficient (Wildman–Crippen LogP) is 16.2. The molecule has 0 radical (unpaired) electrons. The van der Waals surface area contributed by atoms with Crippen molar-refractivity contribution in [1.29, 1.82) is 0 Å². The fraction of sp³-hybridized carbons (Fsp3) is 0.123. The van der Waals surface area contributed by atoms with Crippen LogP contribution in [0.25, 0.3) is 64.0 Å². The third-order valence-electron chi connectivity index (χ3n) is 14.0. The van der Waals surface area contributed by atoms with Crippen molar-refractivity contribution >= 4 is 70.1 Å². The summed E-state index contributed by atoms with van der Waals surface area (Å²) in [6, 6.07) is 69.7. The van der Waals surface area contributed by atoms with Gasteiger partial charge in [-0.05, 0) is 127 Å². The van der Waals surface area contributed by atoms with Gasteiger partial charge in [0.15, 0.2) is 0 Å². The molecule has 0 bridgehead atoms. The van der Waals surface area contributed by atoms with Gasteiger partial charge < -0.3 is 4.90 Å². The Morgan fingerprint density at radius 1 is 0.441 bits per heavy atom. The maximum absolute atomic E-state index is 2.58. The number of benzene rings is 9. The summed E-state index contributed by atoms with van der Waals surface area (Å²) in [5, 5.41) is 7.87. The van der Waals surface area contributed by atoms with Crippen LogP contribution in [-0.4, -0.2) is 0 Å². The van der Waals surface area contributed by atoms with Crippen molar-refractivity contribution in [2.75, 3.05) is 4.90 Å². The van der Waals surface area contributed by atoms with Crippen LogP contribution in [0.15, 0.2) is 182 Å². The SMILES string of the molecule is c1ccc2c(c1)-c1ccc(N(c3ccc4sc5ccccc5c4c3)c3cccc4ccccc34)cc1C21c2ccccc2-c2cccc3ccc(C4CCCCC4)c1c23. The molecule has 1 nitrogen and oxygen atoms in total. The number of nitrogens with zero attached hydrogens (tertiary/aromatic N) is 1. The highest BCUT2D eigenvalue weighted by atomic mass is 32.1. The second-order valence-corrected chi connectivity index (χ2v) is 18.0. The standard InChI is InChI=1S/C57H41NS/c1-2-14-37(15-3-1)42-31-28-38-18-12-23-47-44-21-7-10-25-50(44)57(56(42)55(38)47)49-24-9-6-20-43(49)45-32-29-40(35-51(45)57)58(52-26-13-17-36-16-4-5-19-41(36)52)39-30-33-54-48(34-39)46-22-8-11-27-53(46)59-54/h4-13,16-35,37H,1-3,14-15H2. The van der Waals surface area contributed by atoms with E-state index < -0.39 is 5.41 Å². The van der Waals surface area contributed by atoms with Gasteiger partial charge in [0.25, 0.3) is 0 Å². The van der Waals surface area contributed by atoms with E-state index in [0.29, 0.717) is 5.92 Å². The van der Waals surface area contributed by atoms with E-state index in [0.717, 1.165) is 0 Å². The maximum atomic E-state index is 2.58. The zero-order valence-corrected chi connectivity index (χ0v) is 33.6. The smallest absolute Gasteiger partial charge is 0.0729 e. The molecule has 1 atom stereocenters. The van der Waals surface area contributed by atoms with Gasteiger partial charge in [-0.3, -0.25) is 0 Å². The van der Waals surface area contributed by atoms with Gasteiger partial charge in [-0.1, -0.05) is 159 Å². The van der Waals surface area contributed by atoms with Crippen molar-refractivity contribution in [3.05, 3.63) is 210 Å². The minimum atomic E-state index is -0.489. The van der Waals surface area contributed by atoms with Gasteiger partial charge in [-0.15, -0.1) is 11.3 Å². The number of anilines is 3. The molecule has 13 rings (SSSR count). The molecule has 1 heterocycles. The third-order valence-corrected chi connectivity index (χ3v) is 15.2. The Morgan fingerprint density at radius 2 is 1.07 bits per heavy atom. The molecule has 1 unspecified atom stereocenters. The molecule has 9 aromatic carbocycles. The van der Waals surface area contributed by atoms with Crippen molar-refractivity contribution in [3.63, 3.8) is 0 Å². The molecule has 1 aromatic heterocycles. The number of fused-ring (bicyclic) bond motifs is 13. The maximum Gasteiger partial charge on any atom is 0.0729 e. The van der Waals surface area contributed by atoms with E-state index in [1.54, 1.807) is 5.56 Å². The first-order valence-corrected chi connectivity index (χ1v) is 22.2. The summed E-state index contributed by atoms with van der Waals surface area (Å²) in [5.74, 6) is 0.539. The van der Waals surface area contributed by atoms with Crippen molar-refractivity contribution in [1.82, 2.24) is 0 Å². The Hall–Kier alpha value is -6.48. The van der Waals surface area contributed by atoms with Gasteiger partial charge in [0.1, 0.15) is 0 Å². The molecule has 1 spiro atoms. The van der Waals surface area contributed by atoms with E-state index in [1.165, 1.54) is 135 Å². The summed E-state index contributed by atoms with van der Waals surface area (Å²) in [5.41, 5.74) is 15.7. The molecule has 280 valence electrons. The Morgan fingerprint density at radius 3 is 1.93 bits per heavy atom. The molecule has 3 aliphatic carbocycles. The highest BCUT2D eigenvalue weighted by Crippen LogP contribution is 2.64. The van der Waals surface area contributed by atoms with Gasteiger partial charge in [-0.25, -0.2) is 0 Å². The Bertz CT molecular complexity index is 3340. The summed E-state index contributed by atoms with van der Waals surface area (Å²) in [6.45, 7) is 0. The second-order valence-electron chi connectivity index (χ2n) is 17.0. The van der Waals surface area contributed by atoms with E-state index in [2.05, 4.69) is 187 Å². The van der Waals surface area contributed by atoms with Gasteiger partial charge in [0, 0.05) is 36.9 Å². The Labute approximate surface area is 348 Å². The number of hydrogen-bond acceptors (Lipinski definition) is 2. The van der Waals surface area contributed by atoms with E-state index in [9.17, 15) is 0 Å². The minimum Gasteiger partial charge on any atom is -0.310 e. The quantitative estimate of drug-likeness (QED) is 0.172. The molecule has 3 aliphatic rings. The molecule has 59 heavy (non-hydrogen) atoms. The van der Waals surface area contributed by atoms with Crippen molar-refractivity contribution in [2.45, 2.75) is 43.4 Å². The minimum absolute atomic E-state index is 0.489. The lowest BCUT2D eigenvalue weighted by atomic mass is 9.59. The molecule has 0 N–H and O–H groups in total. The number of thiophene rings is 1. The molecule has 1 saturated carbocycles. The average Bonchev–Trinajstić information content (AvgIpc) is 3.82. The highest BCUT2D eigenvalue weighted by Gasteiger charge is 2.51. The van der Waals surface area contributed by atoms with Crippen LogP contribution in [0.1, 0.15) is 65.8 Å². The van der Waals surface area contributed by atoms with E-state index >= 15 is 0 Å².